The molecule has 0 bridgehead atoms. The summed E-state index contributed by atoms with van der Waals surface area (Å²) in [5.74, 6) is -0.952. The predicted molar refractivity (Wildman–Crippen MR) is 141 cm³/mol. The van der Waals surface area contributed by atoms with Crippen LogP contribution >= 0.6 is 0 Å². The molecule has 6 heteroatoms. The van der Waals surface area contributed by atoms with Crippen LogP contribution < -0.4 is 15.1 Å². The molecule has 1 atom stereocenters. The number of imide groups is 2. The second kappa shape index (κ2) is 8.67. The van der Waals surface area contributed by atoms with Crippen LogP contribution in [0.5, 0.6) is 0 Å². The summed E-state index contributed by atoms with van der Waals surface area (Å²) in [5.41, 5.74) is 6.50. The van der Waals surface area contributed by atoms with Gasteiger partial charge in [0.05, 0.1) is 5.69 Å². The van der Waals surface area contributed by atoms with Crippen molar-refractivity contribution in [2.24, 2.45) is 0 Å². The molecular formula is C29H35N3O3. The molecule has 2 aromatic rings. The monoisotopic (exact) mass is 473 g/mol. The van der Waals surface area contributed by atoms with E-state index < -0.39 is 17.8 Å². The molecule has 1 saturated heterocycles. The Hall–Kier alpha value is -3.41. The summed E-state index contributed by atoms with van der Waals surface area (Å²) in [6.45, 7) is 17.0. The SMILES string of the molecule is Cc1cc(C)cc(N2C(=O)NC(=O)/C(=C\c3cc4c(cc3C)N(C(C)C)C(C)(C)C[C@@H]4C)C2=O)c1. The molecule has 0 saturated carbocycles. The highest BCUT2D eigenvalue weighted by Crippen LogP contribution is 2.45. The van der Waals surface area contributed by atoms with Crippen LogP contribution in [-0.4, -0.2) is 29.4 Å². The van der Waals surface area contributed by atoms with Crippen LogP contribution in [0.15, 0.2) is 35.9 Å². The van der Waals surface area contributed by atoms with Crippen molar-refractivity contribution in [3.05, 3.63) is 63.7 Å². The van der Waals surface area contributed by atoms with Gasteiger partial charge in [0.1, 0.15) is 5.57 Å². The normalized spacial score (nSPS) is 21.0. The smallest absolute Gasteiger partial charge is 0.335 e. The summed E-state index contributed by atoms with van der Waals surface area (Å²) in [5, 5.41) is 2.34. The van der Waals surface area contributed by atoms with Gasteiger partial charge in [0.25, 0.3) is 11.8 Å². The zero-order valence-corrected chi connectivity index (χ0v) is 21.9. The van der Waals surface area contributed by atoms with Crippen molar-refractivity contribution in [3.63, 3.8) is 0 Å². The Morgan fingerprint density at radius 1 is 1.00 bits per heavy atom. The molecule has 2 aliphatic heterocycles. The van der Waals surface area contributed by atoms with Crippen LogP contribution in [0.3, 0.4) is 0 Å². The van der Waals surface area contributed by atoms with Crippen LogP contribution in [0.2, 0.25) is 0 Å². The summed E-state index contributed by atoms with van der Waals surface area (Å²) >= 11 is 0. The van der Waals surface area contributed by atoms with Crippen LogP contribution in [-0.2, 0) is 9.59 Å². The van der Waals surface area contributed by atoms with Crippen molar-refractivity contribution in [1.82, 2.24) is 5.32 Å². The maximum Gasteiger partial charge on any atom is 0.335 e. The van der Waals surface area contributed by atoms with Gasteiger partial charge in [-0.2, -0.15) is 0 Å². The second-order valence-corrected chi connectivity index (χ2v) is 11.0. The molecule has 4 amide bonds. The first-order valence-corrected chi connectivity index (χ1v) is 12.2. The molecule has 0 aromatic heterocycles. The number of amides is 4. The van der Waals surface area contributed by atoms with Crippen LogP contribution in [0.1, 0.15) is 74.8 Å². The van der Waals surface area contributed by atoms with E-state index in [9.17, 15) is 14.4 Å². The minimum Gasteiger partial charge on any atom is -0.364 e. The van der Waals surface area contributed by atoms with Gasteiger partial charge in [-0.05, 0) is 119 Å². The topological polar surface area (TPSA) is 69.7 Å². The van der Waals surface area contributed by atoms with Crippen molar-refractivity contribution in [2.75, 3.05) is 9.80 Å². The number of barbiturate groups is 1. The van der Waals surface area contributed by atoms with E-state index >= 15 is 0 Å². The fourth-order valence-electron chi connectivity index (χ4n) is 5.87. The Morgan fingerprint density at radius 3 is 2.23 bits per heavy atom. The first-order valence-electron chi connectivity index (χ1n) is 12.2. The minimum absolute atomic E-state index is 0.0268. The predicted octanol–water partition coefficient (Wildman–Crippen LogP) is 5.78. The van der Waals surface area contributed by atoms with Gasteiger partial charge in [0.15, 0.2) is 0 Å². The van der Waals surface area contributed by atoms with Crippen molar-refractivity contribution in [1.29, 1.82) is 0 Å². The molecule has 2 aliphatic rings. The van der Waals surface area contributed by atoms with Gasteiger partial charge in [0.2, 0.25) is 0 Å². The van der Waals surface area contributed by atoms with Gasteiger partial charge in [-0.1, -0.05) is 13.0 Å². The standard InChI is InChI=1S/C29H35N3O3/c1-16(2)32-25-12-19(5)21(13-23(25)20(6)15-29(32,7)8)14-24-26(33)30-28(35)31(27(24)34)22-10-17(3)9-18(4)11-22/h9-14,16,20H,15H2,1-8H3,(H,30,33,35)/b24-14+/t20-/m0/s1. The van der Waals surface area contributed by atoms with Crippen molar-refractivity contribution < 1.29 is 14.4 Å². The molecule has 1 fully saturated rings. The summed E-state index contributed by atoms with van der Waals surface area (Å²) < 4.78 is 0. The lowest BCUT2D eigenvalue weighted by molar-refractivity contribution is -0.122. The molecule has 0 spiro atoms. The van der Waals surface area contributed by atoms with Crippen LogP contribution in [0.25, 0.3) is 6.08 Å². The molecule has 4 rings (SSSR count). The van der Waals surface area contributed by atoms with E-state index in [1.165, 1.54) is 11.3 Å². The quantitative estimate of drug-likeness (QED) is 0.453. The number of carbonyl (C=O) groups is 3. The van der Waals surface area contributed by atoms with Crippen LogP contribution in [0, 0.1) is 20.8 Å². The lowest BCUT2D eigenvalue weighted by Crippen LogP contribution is -2.54. The Balaban J connectivity index is 1.80. The Labute approximate surface area is 208 Å². The number of aryl methyl sites for hydroxylation is 3. The molecule has 0 radical (unpaired) electrons. The highest BCUT2D eigenvalue weighted by Gasteiger charge is 2.39. The molecule has 1 N–H and O–H groups in total. The van der Waals surface area contributed by atoms with Gasteiger partial charge in [-0.25, -0.2) is 9.69 Å². The molecular weight excluding hydrogens is 438 g/mol. The second-order valence-electron chi connectivity index (χ2n) is 11.0. The van der Waals surface area contributed by atoms with Crippen LogP contribution in [0.4, 0.5) is 16.2 Å². The minimum atomic E-state index is -0.729. The maximum atomic E-state index is 13.4. The molecule has 184 valence electrons. The third-order valence-corrected chi connectivity index (χ3v) is 7.05. The molecule has 2 heterocycles. The average molecular weight is 474 g/mol. The fourth-order valence-corrected chi connectivity index (χ4v) is 5.87. The molecule has 0 aliphatic carbocycles. The molecule has 6 nitrogen and oxygen atoms in total. The largest absolute Gasteiger partial charge is 0.364 e. The Morgan fingerprint density at radius 2 is 1.63 bits per heavy atom. The van der Waals surface area contributed by atoms with E-state index in [0.717, 1.165) is 33.6 Å². The number of rotatable bonds is 3. The van der Waals surface area contributed by atoms with E-state index in [0.29, 0.717) is 17.6 Å². The molecule has 35 heavy (non-hydrogen) atoms. The summed E-state index contributed by atoms with van der Waals surface area (Å²) in [4.78, 5) is 42.3. The lowest BCUT2D eigenvalue weighted by atomic mass is 9.78. The molecule has 2 aromatic carbocycles. The van der Waals surface area contributed by atoms with E-state index in [2.05, 4.69) is 57.0 Å². The number of hydrogen-bond donors (Lipinski definition) is 1. The molecule has 0 unspecified atom stereocenters. The lowest BCUT2D eigenvalue weighted by Gasteiger charge is -2.50. The number of anilines is 2. The van der Waals surface area contributed by atoms with Gasteiger partial charge < -0.3 is 4.90 Å². The van der Waals surface area contributed by atoms with E-state index in [1.54, 1.807) is 18.2 Å². The number of benzene rings is 2. The van der Waals surface area contributed by atoms with Gasteiger partial charge in [-0.15, -0.1) is 0 Å². The number of fused-ring (bicyclic) bond motifs is 1. The average Bonchev–Trinajstić information content (AvgIpc) is 2.69. The van der Waals surface area contributed by atoms with Crippen molar-refractivity contribution in [2.45, 2.75) is 79.3 Å². The number of nitrogens with one attached hydrogen (secondary N) is 1. The number of urea groups is 1. The number of nitrogens with zero attached hydrogens (tertiary/aromatic N) is 2. The third-order valence-electron chi connectivity index (χ3n) is 7.05. The van der Waals surface area contributed by atoms with E-state index in [-0.39, 0.29) is 11.1 Å². The number of hydrogen-bond acceptors (Lipinski definition) is 4. The summed E-state index contributed by atoms with van der Waals surface area (Å²) in [7, 11) is 0. The number of carbonyl (C=O) groups excluding carboxylic acids is 3. The van der Waals surface area contributed by atoms with Gasteiger partial charge in [-0.3, -0.25) is 14.9 Å². The first kappa shape index (κ1) is 24.7. The third kappa shape index (κ3) is 4.38. The van der Waals surface area contributed by atoms with Crippen molar-refractivity contribution >= 4 is 35.3 Å². The van der Waals surface area contributed by atoms with E-state index in [4.69, 9.17) is 0 Å². The Kier molecular flexibility index (Phi) is 6.12. The highest BCUT2D eigenvalue weighted by molar-refractivity contribution is 6.39. The Bertz CT molecular complexity index is 1250. The summed E-state index contributed by atoms with van der Waals surface area (Å²) in [6, 6.07) is 9.38. The maximum absolute atomic E-state index is 13.4. The van der Waals surface area contributed by atoms with Gasteiger partial charge in [0, 0.05) is 17.3 Å². The first-order chi connectivity index (χ1) is 16.3. The summed E-state index contributed by atoms with van der Waals surface area (Å²) in [6.07, 6.45) is 2.63. The highest BCUT2D eigenvalue weighted by atomic mass is 16.2. The van der Waals surface area contributed by atoms with Gasteiger partial charge >= 0.3 is 6.03 Å². The zero-order valence-electron chi connectivity index (χ0n) is 21.9. The zero-order chi connectivity index (χ0) is 25.8. The van der Waals surface area contributed by atoms with E-state index in [1.807, 2.05) is 26.8 Å². The van der Waals surface area contributed by atoms with Crippen molar-refractivity contribution in [3.8, 4) is 0 Å². The fraction of sp³-hybridized carbons (Fsp3) is 0.414.